The lowest BCUT2D eigenvalue weighted by molar-refractivity contribution is -0.117. The van der Waals surface area contributed by atoms with Crippen molar-refractivity contribution >= 4 is 11.6 Å². The third-order valence-electron chi connectivity index (χ3n) is 4.69. The van der Waals surface area contributed by atoms with E-state index in [2.05, 4.69) is 22.4 Å². The Kier molecular flexibility index (Phi) is 4.65. The first-order valence-electron chi connectivity index (χ1n) is 8.86. The number of rotatable bonds is 4. The zero-order valence-corrected chi connectivity index (χ0v) is 14.4. The molecule has 0 spiro atoms. The molecule has 1 aliphatic carbocycles. The number of benzene rings is 2. The Morgan fingerprint density at radius 3 is 2.50 bits per heavy atom. The molecule has 3 aromatic rings. The van der Waals surface area contributed by atoms with Crippen LogP contribution in [0.25, 0.3) is 0 Å². The van der Waals surface area contributed by atoms with Crippen LogP contribution in [0.2, 0.25) is 0 Å². The first-order chi connectivity index (χ1) is 12.8. The number of nitrogens with zero attached hydrogens (tertiary/aromatic N) is 1. The van der Waals surface area contributed by atoms with Gasteiger partial charge in [-0.05, 0) is 66.8 Å². The van der Waals surface area contributed by atoms with E-state index >= 15 is 0 Å². The van der Waals surface area contributed by atoms with Crippen molar-refractivity contribution in [2.24, 2.45) is 0 Å². The molecule has 0 fully saturated rings. The van der Waals surface area contributed by atoms with Crippen molar-refractivity contribution in [3.05, 3.63) is 84.2 Å². The summed E-state index contributed by atoms with van der Waals surface area (Å²) in [5.74, 6) is 1.43. The summed E-state index contributed by atoms with van der Waals surface area (Å²) >= 11 is 0. The quantitative estimate of drug-likeness (QED) is 0.730. The van der Waals surface area contributed by atoms with Crippen LogP contribution in [-0.4, -0.2) is 10.9 Å². The van der Waals surface area contributed by atoms with E-state index in [1.54, 1.807) is 24.5 Å². The molecule has 1 heterocycles. The first-order valence-corrected chi connectivity index (χ1v) is 8.86. The summed E-state index contributed by atoms with van der Waals surface area (Å²) in [5, 5.41) is 3.04. The smallest absolute Gasteiger partial charge is 0.231 e. The van der Waals surface area contributed by atoms with E-state index in [0.29, 0.717) is 0 Å². The Hall–Kier alpha value is -3.14. The number of carbonyl (C=O) groups is 1. The standard InChI is InChI=1S/C22H20N2O2/c25-22(21-7-3-5-16-4-1-2-6-20(16)21)24-17-8-10-18(11-9-17)26-19-12-14-23-15-13-19/h1-2,4,6,8-15,21H,3,5,7H2,(H,24,25)/t21-/m0/s1. The Balaban J connectivity index is 1.44. The van der Waals surface area contributed by atoms with E-state index in [0.717, 1.165) is 42.0 Å². The molecule has 0 unspecified atom stereocenters. The number of pyridine rings is 1. The molecule has 1 atom stereocenters. The molecule has 1 aliphatic rings. The molecule has 2 aromatic carbocycles. The maximum absolute atomic E-state index is 12.8. The topological polar surface area (TPSA) is 51.2 Å². The largest absolute Gasteiger partial charge is 0.457 e. The van der Waals surface area contributed by atoms with Crippen LogP contribution in [0, 0.1) is 0 Å². The maximum Gasteiger partial charge on any atom is 0.231 e. The number of anilines is 1. The number of fused-ring (bicyclic) bond motifs is 1. The molecule has 4 rings (SSSR count). The summed E-state index contributed by atoms with van der Waals surface area (Å²) in [6, 6.07) is 19.3. The Bertz CT molecular complexity index is 892. The van der Waals surface area contributed by atoms with Crippen molar-refractivity contribution in [2.75, 3.05) is 5.32 Å². The van der Waals surface area contributed by atoms with Crippen molar-refractivity contribution < 1.29 is 9.53 Å². The van der Waals surface area contributed by atoms with Crippen molar-refractivity contribution in [2.45, 2.75) is 25.2 Å². The Morgan fingerprint density at radius 1 is 0.962 bits per heavy atom. The SMILES string of the molecule is O=C(Nc1ccc(Oc2ccncc2)cc1)[C@H]1CCCc2ccccc21. The summed E-state index contributed by atoms with van der Waals surface area (Å²) in [7, 11) is 0. The highest BCUT2D eigenvalue weighted by atomic mass is 16.5. The molecule has 26 heavy (non-hydrogen) atoms. The van der Waals surface area contributed by atoms with Crippen molar-refractivity contribution in [1.82, 2.24) is 4.98 Å². The Labute approximate surface area is 152 Å². The number of nitrogens with one attached hydrogen (secondary N) is 1. The predicted octanol–water partition coefficient (Wildman–Crippen LogP) is 4.93. The van der Waals surface area contributed by atoms with Gasteiger partial charge in [0, 0.05) is 18.1 Å². The van der Waals surface area contributed by atoms with Crippen molar-refractivity contribution in [1.29, 1.82) is 0 Å². The van der Waals surface area contributed by atoms with Gasteiger partial charge in [-0.2, -0.15) is 0 Å². The molecule has 1 N–H and O–H groups in total. The fourth-order valence-corrected chi connectivity index (χ4v) is 3.40. The molecule has 4 heteroatoms. The minimum Gasteiger partial charge on any atom is -0.457 e. The predicted molar refractivity (Wildman–Crippen MR) is 102 cm³/mol. The number of aryl methyl sites for hydroxylation is 1. The number of aromatic nitrogens is 1. The molecule has 0 bridgehead atoms. The summed E-state index contributed by atoms with van der Waals surface area (Å²) < 4.78 is 5.75. The normalized spacial score (nSPS) is 15.8. The van der Waals surface area contributed by atoms with Crippen LogP contribution >= 0.6 is 0 Å². The van der Waals surface area contributed by atoms with Crippen LogP contribution in [0.1, 0.15) is 29.9 Å². The second-order valence-electron chi connectivity index (χ2n) is 6.44. The molecule has 0 radical (unpaired) electrons. The van der Waals surface area contributed by atoms with Gasteiger partial charge in [0.2, 0.25) is 5.91 Å². The fourth-order valence-electron chi connectivity index (χ4n) is 3.40. The number of hydrogen-bond acceptors (Lipinski definition) is 3. The summed E-state index contributed by atoms with van der Waals surface area (Å²) in [6.45, 7) is 0. The lowest BCUT2D eigenvalue weighted by Crippen LogP contribution is -2.24. The highest BCUT2D eigenvalue weighted by Crippen LogP contribution is 2.32. The van der Waals surface area contributed by atoms with E-state index in [4.69, 9.17) is 4.74 Å². The fraction of sp³-hybridized carbons (Fsp3) is 0.182. The van der Waals surface area contributed by atoms with Crippen LogP contribution in [0.4, 0.5) is 5.69 Å². The zero-order valence-electron chi connectivity index (χ0n) is 14.4. The van der Waals surface area contributed by atoms with Gasteiger partial charge in [0.25, 0.3) is 0 Å². The highest BCUT2D eigenvalue weighted by molar-refractivity contribution is 5.96. The molecule has 1 aromatic heterocycles. The highest BCUT2D eigenvalue weighted by Gasteiger charge is 2.26. The third-order valence-corrected chi connectivity index (χ3v) is 4.69. The van der Waals surface area contributed by atoms with Gasteiger partial charge in [0.15, 0.2) is 0 Å². The number of hydrogen-bond donors (Lipinski definition) is 1. The van der Waals surface area contributed by atoms with Gasteiger partial charge in [0.1, 0.15) is 11.5 Å². The third kappa shape index (κ3) is 3.59. The first kappa shape index (κ1) is 16.3. The van der Waals surface area contributed by atoms with Gasteiger partial charge in [-0.1, -0.05) is 24.3 Å². The average molecular weight is 344 g/mol. The summed E-state index contributed by atoms with van der Waals surface area (Å²) in [6.07, 6.45) is 6.37. The van der Waals surface area contributed by atoms with E-state index in [1.807, 2.05) is 36.4 Å². The van der Waals surface area contributed by atoms with Gasteiger partial charge in [-0.3, -0.25) is 9.78 Å². The molecule has 0 saturated carbocycles. The van der Waals surface area contributed by atoms with Gasteiger partial charge in [-0.25, -0.2) is 0 Å². The molecule has 0 saturated heterocycles. The minimum absolute atomic E-state index is 0.0555. The van der Waals surface area contributed by atoms with E-state index in [-0.39, 0.29) is 11.8 Å². The maximum atomic E-state index is 12.8. The van der Waals surface area contributed by atoms with Crippen LogP contribution in [-0.2, 0) is 11.2 Å². The van der Waals surface area contributed by atoms with Gasteiger partial charge in [0.05, 0.1) is 5.92 Å². The molecular weight excluding hydrogens is 324 g/mol. The Morgan fingerprint density at radius 2 is 1.69 bits per heavy atom. The van der Waals surface area contributed by atoms with Gasteiger partial charge >= 0.3 is 0 Å². The van der Waals surface area contributed by atoms with Crippen LogP contribution < -0.4 is 10.1 Å². The minimum atomic E-state index is -0.0762. The lowest BCUT2D eigenvalue weighted by atomic mass is 9.82. The second-order valence-corrected chi connectivity index (χ2v) is 6.44. The number of ether oxygens (including phenoxy) is 1. The summed E-state index contributed by atoms with van der Waals surface area (Å²) in [4.78, 5) is 16.7. The summed E-state index contributed by atoms with van der Waals surface area (Å²) in [5.41, 5.74) is 3.23. The number of carbonyl (C=O) groups excluding carboxylic acids is 1. The van der Waals surface area contributed by atoms with Crippen LogP contribution in [0.5, 0.6) is 11.5 Å². The number of amides is 1. The zero-order chi connectivity index (χ0) is 17.8. The lowest BCUT2D eigenvalue weighted by Gasteiger charge is -2.24. The monoisotopic (exact) mass is 344 g/mol. The molecule has 0 aliphatic heterocycles. The van der Waals surface area contributed by atoms with Crippen LogP contribution in [0.15, 0.2) is 73.1 Å². The molecule has 1 amide bonds. The second kappa shape index (κ2) is 7.40. The van der Waals surface area contributed by atoms with Gasteiger partial charge < -0.3 is 10.1 Å². The van der Waals surface area contributed by atoms with Crippen LogP contribution in [0.3, 0.4) is 0 Å². The van der Waals surface area contributed by atoms with Crippen molar-refractivity contribution in [3.63, 3.8) is 0 Å². The molecular formula is C22H20N2O2. The van der Waals surface area contributed by atoms with E-state index < -0.39 is 0 Å². The van der Waals surface area contributed by atoms with E-state index in [9.17, 15) is 4.79 Å². The van der Waals surface area contributed by atoms with Gasteiger partial charge in [-0.15, -0.1) is 0 Å². The van der Waals surface area contributed by atoms with Crippen molar-refractivity contribution in [3.8, 4) is 11.5 Å². The average Bonchev–Trinajstić information content (AvgIpc) is 2.70. The van der Waals surface area contributed by atoms with E-state index in [1.165, 1.54) is 5.56 Å². The molecule has 130 valence electrons. The molecule has 4 nitrogen and oxygen atoms in total.